The van der Waals surface area contributed by atoms with E-state index in [4.69, 9.17) is 21.1 Å². The lowest BCUT2D eigenvalue weighted by Gasteiger charge is -2.46. The first-order valence-corrected chi connectivity index (χ1v) is 13.1. The molecule has 1 spiro atoms. The zero-order valence-corrected chi connectivity index (χ0v) is 22.3. The van der Waals surface area contributed by atoms with E-state index in [9.17, 15) is 18.4 Å². The summed E-state index contributed by atoms with van der Waals surface area (Å²) in [4.78, 5) is 27.4. The monoisotopic (exact) mass is 578 g/mol. The molecule has 3 atom stereocenters. The first-order chi connectivity index (χ1) is 19.7. The van der Waals surface area contributed by atoms with Gasteiger partial charge in [-0.1, -0.05) is 17.7 Å². The summed E-state index contributed by atoms with van der Waals surface area (Å²) < 4.78 is 56.0. The second-order valence-corrected chi connectivity index (χ2v) is 10.3. The Morgan fingerprint density at radius 3 is 2.27 bits per heavy atom. The minimum absolute atomic E-state index is 0.133. The molecule has 0 radical (unpaired) electrons. The Morgan fingerprint density at radius 1 is 0.854 bits per heavy atom. The summed E-state index contributed by atoms with van der Waals surface area (Å²) in [5.74, 6) is -3.35. The van der Waals surface area contributed by atoms with Crippen molar-refractivity contribution in [2.45, 2.75) is 23.8 Å². The average Bonchev–Trinajstić information content (AvgIpc) is 3.23. The fourth-order valence-electron chi connectivity index (χ4n) is 5.91. The largest absolute Gasteiger partial charge is 0.497 e. The van der Waals surface area contributed by atoms with Gasteiger partial charge in [0.2, 0.25) is 11.8 Å². The highest BCUT2D eigenvalue weighted by Gasteiger charge is 2.62. The third kappa shape index (κ3) is 4.46. The van der Waals surface area contributed by atoms with Crippen molar-refractivity contribution in [3.05, 3.63) is 118 Å². The van der Waals surface area contributed by atoms with E-state index in [1.807, 2.05) is 0 Å². The molecule has 0 aromatic heterocycles. The normalized spacial score (nSPS) is 21.3. The highest BCUT2D eigenvalue weighted by Crippen LogP contribution is 2.59. The number of benzene rings is 4. The summed E-state index contributed by atoms with van der Waals surface area (Å²) in [7, 11) is 1.52. The Hall–Kier alpha value is -4.50. The third-order valence-electron chi connectivity index (χ3n) is 7.65. The van der Waals surface area contributed by atoms with Gasteiger partial charge in [0, 0.05) is 28.6 Å². The van der Waals surface area contributed by atoms with Gasteiger partial charge in [-0.15, -0.1) is 0 Å². The van der Waals surface area contributed by atoms with Gasteiger partial charge >= 0.3 is 0 Å². The van der Waals surface area contributed by atoms with Crippen molar-refractivity contribution in [1.29, 1.82) is 0 Å². The molecule has 6 rings (SSSR count). The van der Waals surface area contributed by atoms with E-state index in [2.05, 4.69) is 10.6 Å². The second kappa shape index (κ2) is 10.2. The van der Waals surface area contributed by atoms with Gasteiger partial charge in [0.1, 0.15) is 40.1 Å². The van der Waals surface area contributed by atoms with Crippen LogP contribution in [0.5, 0.6) is 17.2 Å². The Bertz CT molecular complexity index is 1700. The number of carbonyl (C=O) groups is 2. The van der Waals surface area contributed by atoms with Crippen LogP contribution in [0.4, 0.5) is 18.9 Å². The highest BCUT2D eigenvalue weighted by molar-refractivity contribution is 6.31. The molecule has 2 heterocycles. The van der Waals surface area contributed by atoms with Gasteiger partial charge in [-0.25, -0.2) is 13.2 Å². The fourth-order valence-corrected chi connectivity index (χ4v) is 6.08. The molecule has 2 aliphatic rings. The Labute approximate surface area is 238 Å². The Morgan fingerprint density at radius 2 is 1.54 bits per heavy atom. The average molecular weight is 579 g/mol. The van der Waals surface area contributed by atoms with Crippen LogP contribution in [0.2, 0.25) is 5.02 Å². The predicted octanol–water partition coefficient (Wildman–Crippen LogP) is 6.79. The summed E-state index contributed by atoms with van der Waals surface area (Å²) >= 11 is 6.22. The van der Waals surface area contributed by atoms with Crippen LogP contribution in [0.1, 0.15) is 35.1 Å². The van der Waals surface area contributed by atoms with Crippen LogP contribution in [0.15, 0.2) is 78.9 Å². The first-order valence-electron chi connectivity index (χ1n) is 12.7. The number of methoxy groups -OCH3 is 1. The molecule has 0 unspecified atom stereocenters. The van der Waals surface area contributed by atoms with E-state index in [0.29, 0.717) is 27.8 Å². The molecule has 6 nitrogen and oxygen atoms in total. The van der Waals surface area contributed by atoms with Crippen molar-refractivity contribution >= 4 is 29.1 Å². The van der Waals surface area contributed by atoms with Crippen molar-refractivity contribution in [3.63, 3.8) is 0 Å². The van der Waals surface area contributed by atoms with Gasteiger partial charge in [0.05, 0.1) is 13.2 Å². The van der Waals surface area contributed by atoms with Gasteiger partial charge in [-0.2, -0.15) is 0 Å². The molecule has 1 fully saturated rings. The summed E-state index contributed by atoms with van der Waals surface area (Å²) in [6, 6.07) is 16.7. The number of hydrogen-bond donors (Lipinski definition) is 2. The van der Waals surface area contributed by atoms with E-state index in [-0.39, 0.29) is 23.3 Å². The van der Waals surface area contributed by atoms with Crippen LogP contribution < -0.4 is 20.1 Å². The Kier molecular flexibility index (Phi) is 6.62. The minimum atomic E-state index is -1.73. The van der Waals surface area contributed by atoms with Gasteiger partial charge in [0.25, 0.3) is 0 Å². The van der Waals surface area contributed by atoms with Gasteiger partial charge in [0.15, 0.2) is 0 Å². The molecular formula is C31H22ClF3N2O4. The lowest BCUT2D eigenvalue weighted by atomic mass is 9.59. The van der Waals surface area contributed by atoms with E-state index in [1.165, 1.54) is 25.3 Å². The number of hydrogen-bond acceptors (Lipinski definition) is 4. The molecule has 4 aromatic carbocycles. The van der Waals surface area contributed by atoms with Gasteiger partial charge in [-0.05, 0) is 83.9 Å². The number of carbonyl (C=O) groups excluding carboxylic acids is 2. The third-order valence-corrected chi connectivity index (χ3v) is 7.89. The highest BCUT2D eigenvalue weighted by atomic mass is 35.5. The molecule has 4 aromatic rings. The minimum Gasteiger partial charge on any atom is -0.497 e. The Balaban J connectivity index is 1.59. The van der Waals surface area contributed by atoms with E-state index >= 15 is 4.39 Å². The molecule has 2 amide bonds. The second-order valence-electron chi connectivity index (χ2n) is 9.90. The molecule has 0 saturated carbocycles. The topological polar surface area (TPSA) is 76.7 Å². The zero-order chi connectivity index (χ0) is 28.9. The summed E-state index contributed by atoms with van der Waals surface area (Å²) in [6.45, 7) is 0. The standard InChI is InChI=1S/C31H22ClF3N2O4/c1-40-19-5-7-20(8-6-19)41-27-11-4-18(34)14-22(27)29-31(23-9-2-16(32)12-26(23)36-30(31)39)24(15-28(38)37-29)21-13-17(33)3-10-25(21)35/h2-14,24,29H,15H2,1H3,(H,36,39)(H,37,38)/t24-,29+,31-/m0/s1. The summed E-state index contributed by atoms with van der Waals surface area (Å²) in [6.07, 6.45) is -0.337. The fraction of sp³-hybridized carbons (Fsp3) is 0.161. The van der Waals surface area contributed by atoms with Crippen molar-refractivity contribution in [2.75, 3.05) is 12.4 Å². The van der Waals surface area contributed by atoms with E-state index < -0.39 is 46.6 Å². The SMILES string of the molecule is COc1ccc(Oc2ccc(F)cc2[C@H]2NC(=O)C[C@@H](c3cc(F)ccc3F)[C@]23C(=O)Nc2cc(Cl)ccc23)cc1. The van der Waals surface area contributed by atoms with Crippen molar-refractivity contribution in [3.8, 4) is 17.2 Å². The molecule has 2 aliphatic heterocycles. The maximum absolute atomic E-state index is 15.4. The number of anilines is 1. The maximum Gasteiger partial charge on any atom is 0.238 e. The first kappa shape index (κ1) is 26.7. The van der Waals surface area contributed by atoms with E-state index in [1.54, 1.807) is 36.4 Å². The van der Waals surface area contributed by atoms with Crippen LogP contribution in [0.25, 0.3) is 0 Å². The van der Waals surface area contributed by atoms with Crippen molar-refractivity contribution in [2.24, 2.45) is 0 Å². The van der Waals surface area contributed by atoms with Crippen molar-refractivity contribution in [1.82, 2.24) is 5.32 Å². The number of piperidine rings is 1. The lowest BCUT2D eigenvalue weighted by molar-refractivity contribution is -0.131. The van der Waals surface area contributed by atoms with Crippen LogP contribution in [-0.4, -0.2) is 18.9 Å². The summed E-state index contributed by atoms with van der Waals surface area (Å²) in [5.41, 5.74) is -1.01. The number of amides is 2. The number of nitrogens with one attached hydrogen (secondary N) is 2. The van der Waals surface area contributed by atoms with E-state index in [0.717, 1.165) is 24.3 Å². The lowest BCUT2D eigenvalue weighted by Crippen LogP contribution is -2.57. The van der Waals surface area contributed by atoms with Crippen LogP contribution in [-0.2, 0) is 15.0 Å². The number of rotatable bonds is 5. The molecule has 1 saturated heterocycles. The van der Waals surface area contributed by atoms with Crippen LogP contribution in [0, 0.1) is 17.5 Å². The molecular weight excluding hydrogens is 557 g/mol. The predicted molar refractivity (Wildman–Crippen MR) is 146 cm³/mol. The van der Waals surface area contributed by atoms with Crippen LogP contribution in [0.3, 0.4) is 0 Å². The molecule has 0 bridgehead atoms. The number of ether oxygens (including phenoxy) is 2. The summed E-state index contributed by atoms with van der Waals surface area (Å²) in [5, 5.41) is 5.98. The molecule has 10 heteroatoms. The molecule has 41 heavy (non-hydrogen) atoms. The van der Waals surface area contributed by atoms with Gasteiger partial charge < -0.3 is 20.1 Å². The van der Waals surface area contributed by atoms with Crippen LogP contribution >= 0.6 is 11.6 Å². The molecule has 0 aliphatic carbocycles. The van der Waals surface area contributed by atoms with Gasteiger partial charge in [-0.3, -0.25) is 9.59 Å². The number of fused-ring (bicyclic) bond motifs is 2. The quantitative estimate of drug-likeness (QED) is 0.273. The maximum atomic E-state index is 15.4. The molecule has 208 valence electrons. The zero-order valence-electron chi connectivity index (χ0n) is 21.5. The number of halogens is 4. The molecule has 2 N–H and O–H groups in total. The van der Waals surface area contributed by atoms with Crippen molar-refractivity contribution < 1.29 is 32.2 Å². The smallest absolute Gasteiger partial charge is 0.238 e.